The topological polar surface area (TPSA) is 55.8 Å². The van der Waals surface area contributed by atoms with Crippen LogP contribution in [-0.2, 0) is 4.79 Å². The third-order valence-corrected chi connectivity index (χ3v) is 3.81. The molecule has 0 unspecified atom stereocenters. The van der Waals surface area contributed by atoms with Gasteiger partial charge in [-0.1, -0.05) is 36.4 Å². The van der Waals surface area contributed by atoms with Crippen molar-refractivity contribution >= 4 is 33.6 Å². The molecule has 0 spiro atoms. The van der Waals surface area contributed by atoms with Crippen LogP contribution in [0.25, 0.3) is 27.6 Å². The minimum Gasteiger partial charge on any atom is -0.493 e. The molecule has 0 saturated carbocycles. The molecular formula is C19H16O4. The summed E-state index contributed by atoms with van der Waals surface area (Å²) in [6.07, 6.45) is 2.69. The van der Waals surface area contributed by atoms with Crippen molar-refractivity contribution in [2.45, 2.75) is 0 Å². The number of rotatable bonds is 4. The maximum Gasteiger partial charge on any atom is 0.328 e. The van der Waals surface area contributed by atoms with Gasteiger partial charge in [0.05, 0.1) is 14.2 Å². The molecule has 116 valence electrons. The monoisotopic (exact) mass is 308 g/mol. The van der Waals surface area contributed by atoms with E-state index in [1.807, 2.05) is 36.4 Å². The SMILES string of the molecule is COc1cc(/C=C/C(=O)O)c2ccc3ccccc3c2c1OC. The number of hydrogen-bond acceptors (Lipinski definition) is 3. The summed E-state index contributed by atoms with van der Waals surface area (Å²) in [5, 5.41) is 12.8. The van der Waals surface area contributed by atoms with Crippen molar-refractivity contribution < 1.29 is 19.4 Å². The first kappa shape index (κ1) is 14.9. The van der Waals surface area contributed by atoms with Gasteiger partial charge < -0.3 is 14.6 Å². The normalized spacial score (nSPS) is 11.2. The number of ether oxygens (including phenoxy) is 2. The Morgan fingerprint density at radius 3 is 2.52 bits per heavy atom. The van der Waals surface area contributed by atoms with Crippen LogP contribution in [-0.4, -0.2) is 25.3 Å². The van der Waals surface area contributed by atoms with E-state index < -0.39 is 5.97 Å². The zero-order chi connectivity index (χ0) is 16.4. The van der Waals surface area contributed by atoms with Crippen LogP contribution in [0.2, 0.25) is 0 Å². The molecule has 23 heavy (non-hydrogen) atoms. The van der Waals surface area contributed by atoms with E-state index in [0.29, 0.717) is 11.5 Å². The third kappa shape index (κ3) is 2.59. The van der Waals surface area contributed by atoms with Crippen molar-refractivity contribution in [1.82, 2.24) is 0 Å². The number of methoxy groups -OCH3 is 2. The van der Waals surface area contributed by atoms with Crippen LogP contribution >= 0.6 is 0 Å². The van der Waals surface area contributed by atoms with E-state index in [-0.39, 0.29) is 0 Å². The Bertz CT molecular complexity index is 925. The Kier molecular flexibility index (Phi) is 3.89. The van der Waals surface area contributed by atoms with Gasteiger partial charge in [-0.25, -0.2) is 4.79 Å². The van der Waals surface area contributed by atoms with Crippen LogP contribution in [0, 0.1) is 0 Å². The van der Waals surface area contributed by atoms with Gasteiger partial charge >= 0.3 is 5.97 Å². The molecule has 0 saturated heterocycles. The Morgan fingerprint density at radius 1 is 1.04 bits per heavy atom. The van der Waals surface area contributed by atoms with Crippen LogP contribution < -0.4 is 9.47 Å². The lowest BCUT2D eigenvalue weighted by atomic mass is 9.96. The smallest absolute Gasteiger partial charge is 0.328 e. The van der Waals surface area contributed by atoms with Gasteiger partial charge in [-0.2, -0.15) is 0 Å². The van der Waals surface area contributed by atoms with Gasteiger partial charge in [0, 0.05) is 11.5 Å². The van der Waals surface area contributed by atoms with Crippen LogP contribution in [0.3, 0.4) is 0 Å². The summed E-state index contributed by atoms with van der Waals surface area (Å²) in [5.41, 5.74) is 0.769. The quantitative estimate of drug-likeness (QED) is 0.582. The number of fused-ring (bicyclic) bond motifs is 3. The fraction of sp³-hybridized carbons (Fsp3) is 0.105. The van der Waals surface area contributed by atoms with E-state index in [4.69, 9.17) is 14.6 Å². The zero-order valence-corrected chi connectivity index (χ0v) is 12.9. The lowest BCUT2D eigenvalue weighted by molar-refractivity contribution is -0.131. The highest BCUT2D eigenvalue weighted by atomic mass is 16.5. The van der Waals surface area contributed by atoms with Gasteiger partial charge in [-0.15, -0.1) is 0 Å². The van der Waals surface area contributed by atoms with Crippen LogP contribution in [0.1, 0.15) is 5.56 Å². The number of aliphatic carboxylic acids is 1. The van der Waals surface area contributed by atoms with Gasteiger partial charge in [0.25, 0.3) is 0 Å². The second-order valence-corrected chi connectivity index (χ2v) is 5.08. The van der Waals surface area contributed by atoms with Crippen molar-refractivity contribution in [3.8, 4) is 11.5 Å². The fourth-order valence-corrected chi connectivity index (χ4v) is 2.82. The van der Waals surface area contributed by atoms with Crippen LogP contribution in [0.15, 0.2) is 48.5 Å². The summed E-state index contributed by atoms with van der Waals surface area (Å²) in [5.74, 6) is 0.224. The van der Waals surface area contributed by atoms with E-state index >= 15 is 0 Å². The zero-order valence-electron chi connectivity index (χ0n) is 12.9. The highest BCUT2D eigenvalue weighted by molar-refractivity contribution is 6.14. The molecule has 1 N–H and O–H groups in total. The number of carbonyl (C=O) groups is 1. The molecular weight excluding hydrogens is 292 g/mol. The lowest BCUT2D eigenvalue weighted by Gasteiger charge is -2.15. The van der Waals surface area contributed by atoms with Gasteiger partial charge in [0.1, 0.15) is 0 Å². The van der Waals surface area contributed by atoms with Crippen LogP contribution in [0.5, 0.6) is 11.5 Å². The van der Waals surface area contributed by atoms with E-state index in [1.54, 1.807) is 26.4 Å². The lowest BCUT2D eigenvalue weighted by Crippen LogP contribution is -1.95. The molecule has 0 aromatic heterocycles. The summed E-state index contributed by atoms with van der Waals surface area (Å²) < 4.78 is 11.0. The maximum atomic E-state index is 10.9. The summed E-state index contributed by atoms with van der Waals surface area (Å²) in [7, 11) is 3.17. The Labute approximate surface area is 133 Å². The molecule has 0 amide bonds. The maximum absolute atomic E-state index is 10.9. The molecule has 0 aliphatic carbocycles. The molecule has 0 atom stereocenters. The predicted molar refractivity (Wildman–Crippen MR) is 91.2 cm³/mol. The van der Waals surface area contributed by atoms with Crippen molar-refractivity contribution in [2.24, 2.45) is 0 Å². The van der Waals surface area contributed by atoms with Gasteiger partial charge in [0.2, 0.25) is 0 Å². The van der Waals surface area contributed by atoms with Crippen LogP contribution in [0.4, 0.5) is 0 Å². The van der Waals surface area contributed by atoms with E-state index in [2.05, 4.69) is 0 Å². The molecule has 0 radical (unpaired) electrons. The first-order chi connectivity index (χ1) is 11.2. The predicted octanol–water partition coefficient (Wildman–Crippen LogP) is 4.11. The third-order valence-electron chi connectivity index (χ3n) is 3.81. The van der Waals surface area contributed by atoms with Crippen molar-refractivity contribution in [2.75, 3.05) is 14.2 Å². The van der Waals surface area contributed by atoms with E-state index in [1.165, 1.54) is 0 Å². The Morgan fingerprint density at radius 2 is 1.83 bits per heavy atom. The van der Waals surface area contributed by atoms with E-state index in [0.717, 1.165) is 33.2 Å². The number of benzene rings is 3. The second-order valence-electron chi connectivity index (χ2n) is 5.08. The molecule has 4 nitrogen and oxygen atoms in total. The summed E-state index contributed by atoms with van der Waals surface area (Å²) in [4.78, 5) is 10.9. The van der Waals surface area contributed by atoms with Gasteiger partial charge in [0.15, 0.2) is 11.5 Å². The van der Waals surface area contributed by atoms with Crippen molar-refractivity contribution in [3.05, 3.63) is 54.1 Å². The van der Waals surface area contributed by atoms with Crippen molar-refractivity contribution in [3.63, 3.8) is 0 Å². The number of carboxylic acid groups (broad SMARTS) is 1. The highest BCUT2D eigenvalue weighted by Crippen LogP contribution is 2.42. The molecule has 3 aromatic carbocycles. The Balaban J connectivity index is 2.47. The summed E-state index contributed by atoms with van der Waals surface area (Å²) >= 11 is 0. The van der Waals surface area contributed by atoms with E-state index in [9.17, 15) is 4.79 Å². The molecule has 0 aliphatic rings. The Hall–Kier alpha value is -3.01. The summed E-state index contributed by atoms with van der Waals surface area (Å²) in [6, 6.07) is 13.8. The number of carboxylic acids is 1. The standard InChI is InChI=1S/C19H16O4/c1-22-16-11-13(8-10-17(20)21)15-9-7-12-5-3-4-6-14(12)18(15)19(16)23-2/h3-11H,1-2H3,(H,20,21)/b10-8+. The first-order valence-electron chi connectivity index (χ1n) is 7.13. The largest absolute Gasteiger partial charge is 0.493 e. The summed E-state index contributed by atoms with van der Waals surface area (Å²) in [6.45, 7) is 0. The minimum atomic E-state index is -0.992. The average molecular weight is 308 g/mol. The number of hydrogen-bond donors (Lipinski definition) is 1. The molecule has 0 aliphatic heterocycles. The molecule has 3 rings (SSSR count). The minimum absolute atomic E-state index is 0.571. The van der Waals surface area contributed by atoms with Crippen molar-refractivity contribution in [1.29, 1.82) is 0 Å². The first-order valence-corrected chi connectivity index (χ1v) is 7.13. The molecule has 3 aromatic rings. The van der Waals surface area contributed by atoms with Gasteiger partial charge in [-0.05, 0) is 33.9 Å². The second kappa shape index (κ2) is 6.01. The van der Waals surface area contributed by atoms with Gasteiger partial charge in [-0.3, -0.25) is 0 Å². The fourth-order valence-electron chi connectivity index (χ4n) is 2.82. The molecule has 0 bridgehead atoms. The molecule has 0 fully saturated rings. The molecule has 0 heterocycles. The average Bonchev–Trinajstić information content (AvgIpc) is 2.58. The molecule has 4 heteroatoms. The highest BCUT2D eigenvalue weighted by Gasteiger charge is 2.15.